The van der Waals surface area contributed by atoms with Crippen molar-refractivity contribution in [3.05, 3.63) is 88.7 Å². The number of rotatable bonds is 8. The van der Waals surface area contributed by atoms with Crippen LogP contribution in [0.4, 0.5) is 5.69 Å². The molecule has 2 aromatic carbocycles. The molecule has 0 atom stereocenters. The quantitative estimate of drug-likeness (QED) is 0.533. The maximum Gasteiger partial charge on any atom is 0.239 e. The number of carbonyl (C=O) groups excluding carboxylic acids is 1. The van der Waals surface area contributed by atoms with Gasteiger partial charge in [-0.1, -0.05) is 40.2 Å². The van der Waals surface area contributed by atoms with E-state index in [1.54, 1.807) is 60.9 Å². The fourth-order valence-corrected chi connectivity index (χ4v) is 4.13. The Morgan fingerprint density at radius 3 is 2.55 bits per heavy atom. The Hall–Kier alpha value is -2.71. The lowest BCUT2D eigenvalue weighted by Gasteiger charge is -2.10. The Bertz CT molecular complexity index is 1070. The minimum Gasteiger partial charge on any atom is -0.489 e. The summed E-state index contributed by atoms with van der Waals surface area (Å²) in [6.45, 7) is 0.340. The molecule has 0 saturated heterocycles. The summed E-state index contributed by atoms with van der Waals surface area (Å²) in [7, 11) is -3.59. The van der Waals surface area contributed by atoms with E-state index in [4.69, 9.17) is 4.74 Å². The highest BCUT2D eigenvalue weighted by Gasteiger charge is 2.18. The number of ether oxygens (including phenoxy) is 1. The fourth-order valence-electron chi connectivity index (χ4n) is 2.60. The summed E-state index contributed by atoms with van der Waals surface area (Å²) in [5.74, 6) is -0.817. The van der Waals surface area contributed by atoms with Gasteiger partial charge in [-0.3, -0.25) is 9.78 Å². The number of benzene rings is 2. The van der Waals surface area contributed by atoms with Crippen molar-refractivity contribution in [3.63, 3.8) is 0 Å². The average molecular weight is 475 g/mol. The Balaban J connectivity index is 1.56. The maximum atomic E-state index is 12.3. The molecule has 3 rings (SSSR count). The monoisotopic (exact) mass is 474 g/mol. The smallest absolute Gasteiger partial charge is 0.239 e. The first kappa shape index (κ1) is 21.0. The van der Waals surface area contributed by atoms with Crippen LogP contribution >= 0.6 is 15.9 Å². The molecular formula is C21H19BrN2O4S. The van der Waals surface area contributed by atoms with Gasteiger partial charge in [0.2, 0.25) is 5.91 Å². The van der Waals surface area contributed by atoms with Crippen molar-refractivity contribution in [2.24, 2.45) is 0 Å². The molecule has 0 fully saturated rings. The molecular weight excluding hydrogens is 456 g/mol. The van der Waals surface area contributed by atoms with E-state index in [-0.39, 0.29) is 5.75 Å². The molecule has 29 heavy (non-hydrogen) atoms. The molecule has 0 aliphatic rings. The summed E-state index contributed by atoms with van der Waals surface area (Å²) in [6.07, 6.45) is 3.40. The van der Waals surface area contributed by atoms with E-state index in [9.17, 15) is 13.2 Å². The number of carbonyl (C=O) groups is 1. The Morgan fingerprint density at radius 2 is 1.83 bits per heavy atom. The van der Waals surface area contributed by atoms with Crippen LogP contribution in [0, 0.1) is 0 Å². The van der Waals surface area contributed by atoms with Crippen molar-refractivity contribution in [3.8, 4) is 5.75 Å². The standard InChI is InChI=1S/C21H19BrN2O4S/c22-18-8-6-16(7-9-18)14-29(26,27)15-21(25)24-19-4-1-5-20(11-19)28-13-17-3-2-10-23-12-17/h1-12H,13-15H2,(H,24,25). The SMILES string of the molecule is O=C(CS(=O)(=O)Cc1ccc(Br)cc1)Nc1cccc(OCc2cccnc2)c1. The van der Waals surface area contributed by atoms with Crippen LogP contribution in [0.5, 0.6) is 5.75 Å². The minimum atomic E-state index is -3.59. The number of hydrogen-bond acceptors (Lipinski definition) is 5. The number of pyridine rings is 1. The van der Waals surface area contributed by atoms with Gasteiger partial charge in [0.25, 0.3) is 0 Å². The molecule has 1 N–H and O–H groups in total. The first-order valence-electron chi connectivity index (χ1n) is 8.76. The molecule has 1 aromatic heterocycles. The van der Waals surface area contributed by atoms with Crippen LogP contribution in [0.15, 0.2) is 77.5 Å². The van der Waals surface area contributed by atoms with Gasteiger partial charge < -0.3 is 10.1 Å². The van der Waals surface area contributed by atoms with E-state index >= 15 is 0 Å². The van der Waals surface area contributed by atoms with Crippen molar-refractivity contribution in [1.29, 1.82) is 0 Å². The highest BCUT2D eigenvalue weighted by molar-refractivity contribution is 9.10. The van der Waals surface area contributed by atoms with E-state index in [2.05, 4.69) is 26.2 Å². The van der Waals surface area contributed by atoms with Crippen LogP contribution in [0.25, 0.3) is 0 Å². The van der Waals surface area contributed by atoms with Crippen LogP contribution < -0.4 is 10.1 Å². The number of hydrogen-bond donors (Lipinski definition) is 1. The lowest BCUT2D eigenvalue weighted by Crippen LogP contribution is -2.23. The molecule has 0 unspecified atom stereocenters. The highest BCUT2D eigenvalue weighted by Crippen LogP contribution is 2.19. The van der Waals surface area contributed by atoms with E-state index in [1.807, 2.05) is 12.1 Å². The largest absolute Gasteiger partial charge is 0.489 e. The molecule has 0 spiro atoms. The van der Waals surface area contributed by atoms with Crippen molar-refractivity contribution >= 4 is 37.4 Å². The minimum absolute atomic E-state index is 0.192. The molecule has 0 saturated carbocycles. The van der Waals surface area contributed by atoms with Gasteiger partial charge in [0.05, 0.1) is 5.75 Å². The summed E-state index contributed by atoms with van der Waals surface area (Å²) in [5.41, 5.74) is 2.02. The van der Waals surface area contributed by atoms with Gasteiger partial charge in [0.1, 0.15) is 18.1 Å². The van der Waals surface area contributed by atoms with Gasteiger partial charge in [-0.15, -0.1) is 0 Å². The van der Waals surface area contributed by atoms with E-state index in [1.165, 1.54) is 0 Å². The number of amides is 1. The molecule has 6 nitrogen and oxygen atoms in total. The third-order valence-electron chi connectivity index (χ3n) is 3.90. The van der Waals surface area contributed by atoms with E-state index < -0.39 is 21.5 Å². The van der Waals surface area contributed by atoms with Crippen molar-refractivity contribution in [1.82, 2.24) is 4.98 Å². The van der Waals surface area contributed by atoms with Crippen LogP contribution in [0.1, 0.15) is 11.1 Å². The first-order valence-corrected chi connectivity index (χ1v) is 11.4. The number of nitrogens with one attached hydrogen (secondary N) is 1. The third-order valence-corrected chi connectivity index (χ3v) is 5.90. The van der Waals surface area contributed by atoms with Crippen LogP contribution in [-0.2, 0) is 27.0 Å². The van der Waals surface area contributed by atoms with Crippen LogP contribution in [0.3, 0.4) is 0 Å². The second-order valence-electron chi connectivity index (χ2n) is 6.38. The predicted molar refractivity (Wildman–Crippen MR) is 115 cm³/mol. The summed E-state index contributed by atoms with van der Waals surface area (Å²) >= 11 is 3.31. The van der Waals surface area contributed by atoms with Gasteiger partial charge in [-0.25, -0.2) is 8.42 Å². The summed E-state index contributed by atoms with van der Waals surface area (Å²) < 4.78 is 31.2. The van der Waals surface area contributed by atoms with E-state index in [0.717, 1.165) is 10.0 Å². The van der Waals surface area contributed by atoms with Gasteiger partial charge >= 0.3 is 0 Å². The van der Waals surface area contributed by atoms with Gasteiger partial charge in [-0.2, -0.15) is 0 Å². The number of sulfone groups is 1. The Morgan fingerprint density at radius 1 is 1.03 bits per heavy atom. The van der Waals surface area contributed by atoms with Gasteiger partial charge in [0, 0.05) is 34.2 Å². The number of aromatic nitrogens is 1. The van der Waals surface area contributed by atoms with Gasteiger partial charge in [-0.05, 0) is 35.9 Å². The fraction of sp³-hybridized carbons (Fsp3) is 0.143. The van der Waals surface area contributed by atoms with Crippen molar-refractivity contribution in [2.45, 2.75) is 12.4 Å². The maximum absolute atomic E-state index is 12.3. The number of halogens is 1. The molecule has 0 radical (unpaired) electrons. The zero-order chi connectivity index (χ0) is 20.7. The molecule has 0 bridgehead atoms. The third kappa shape index (κ3) is 6.99. The second-order valence-corrected chi connectivity index (χ2v) is 9.36. The summed E-state index contributed by atoms with van der Waals surface area (Å²) in [4.78, 5) is 16.2. The molecule has 1 amide bonds. The Labute approximate surface area is 178 Å². The Kier molecular flexibility index (Phi) is 7.00. The van der Waals surface area contributed by atoms with Crippen LogP contribution in [-0.4, -0.2) is 25.1 Å². The molecule has 8 heteroatoms. The van der Waals surface area contributed by atoms with E-state index in [0.29, 0.717) is 23.6 Å². The van der Waals surface area contributed by atoms with Crippen molar-refractivity contribution < 1.29 is 17.9 Å². The number of anilines is 1. The average Bonchev–Trinajstić information content (AvgIpc) is 2.68. The molecule has 150 valence electrons. The van der Waals surface area contributed by atoms with Crippen LogP contribution in [0.2, 0.25) is 0 Å². The predicted octanol–water partition coefficient (Wildman–Crippen LogP) is 3.98. The highest BCUT2D eigenvalue weighted by atomic mass is 79.9. The lowest BCUT2D eigenvalue weighted by molar-refractivity contribution is -0.113. The number of nitrogens with zero attached hydrogens (tertiary/aromatic N) is 1. The first-order chi connectivity index (χ1) is 13.9. The molecule has 0 aliphatic carbocycles. The second kappa shape index (κ2) is 9.67. The zero-order valence-electron chi connectivity index (χ0n) is 15.4. The summed E-state index contributed by atoms with van der Waals surface area (Å²) in [6, 6.07) is 17.5. The van der Waals surface area contributed by atoms with Crippen molar-refractivity contribution in [2.75, 3.05) is 11.1 Å². The normalized spacial score (nSPS) is 11.1. The zero-order valence-corrected chi connectivity index (χ0v) is 17.8. The lowest BCUT2D eigenvalue weighted by atomic mass is 10.2. The molecule has 0 aliphatic heterocycles. The molecule has 1 heterocycles. The molecule has 3 aromatic rings. The topological polar surface area (TPSA) is 85.4 Å². The van der Waals surface area contributed by atoms with Gasteiger partial charge in [0.15, 0.2) is 9.84 Å². The summed E-state index contributed by atoms with van der Waals surface area (Å²) in [5, 5.41) is 2.61.